The molecule has 1 unspecified atom stereocenters. The minimum absolute atomic E-state index is 0.412. The Hall–Kier alpha value is -1.84. The van der Waals surface area contributed by atoms with Crippen molar-refractivity contribution >= 4 is 6.21 Å². The topological polar surface area (TPSA) is 39.4 Å². The average Bonchev–Trinajstić information content (AvgIpc) is 2.81. The van der Waals surface area contributed by atoms with Gasteiger partial charge in [0, 0.05) is 12.4 Å². The smallest absolute Gasteiger partial charge is 0.106 e. The first kappa shape index (κ1) is 11.6. The number of allylic oxidation sites excluding steroid dienone is 4. The second-order valence-electron chi connectivity index (χ2n) is 3.98. The molecular formula is C13H17N3O. The number of hydrogen-bond acceptors (Lipinski definition) is 3. The Morgan fingerprint density at radius 1 is 1.59 bits per heavy atom. The Labute approximate surface area is 101 Å². The van der Waals surface area contributed by atoms with Gasteiger partial charge < -0.3 is 9.40 Å². The fourth-order valence-electron chi connectivity index (χ4n) is 1.92. The fraction of sp³-hybridized carbons (Fsp3) is 0.385. The monoisotopic (exact) mass is 231 g/mol. The molecule has 1 aliphatic carbocycles. The van der Waals surface area contributed by atoms with E-state index in [9.17, 15) is 0 Å². The Kier molecular flexibility index (Phi) is 4.13. The zero-order valence-electron chi connectivity index (χ0n) is 9.99. The Morgan fingerprint density at radius 2 is 2.53 bits per heavy atom. The number of aromatic nitrogens is 2. The van der Waals surface area contributed by atoms with Gasteiger partial charge in [0.2, 0.25) is 0 Å². The second kappa shape index (κ2) is 6.03. The number of nitrogens with zero attached hydrogens (tertiary/aromatic N) is 3. The first-order chi connectivity index (χ1) is 8.40. The molecule has 0 N–H and O–H groups in total. The zero-order valence-corrected chi connectivity index (χ0v) is 9.99. The lowest BCUT2D eigenvalue weighted by atomic mass is 10.0. The van der Waals surface area contributed by atoms with Gasteiger partial charge in [0.15, 0.2) is 0 Å². The molecule has 2 rings (SSSR count). The molecule has 1 aromatic heterocycles. The van der Waals surface area contributed by atoms with Crippen LogP contribution in [0.25, 0.3) is 0 Å². The molecule has 0 saturated heterocycles. The van der Waals surface area contributed by atoms with Crippen molar-refractivity contribution in [3.63, 3.8) is 0 Å². The minimum Gasteiger partial charge on any atom is -0.399 e. The van der Waals surface area contributed by atoms with Crippen LogP contribution in [0.5, 0.6) is 0 Å². The predicted molar refractivity (Wildman–Crippen MR) is 67.8 cm³/mol. The normalized spacial score (nSPS) is 25.9. The maximum absolute atomic E-state index is 4.69. The van der Waals surface area contributed by atoms with Gasteiger partial charge in [-0.25, -0.2) is 4.98 Å². The molecule has 4 heteroatoms. The van der Waals surface area contributed by atoms with Crippen molar-refractivity contribution in [2.24, 2.45) is 5.16 Å². The van der Waals surface area contributed by atoms with Gasteiger partial charge in [0.1, 0.15) is 7.11 Å². The highest BCUT2D eigenvalue weighted by Crippen LogP contribution is 2.20. The number of oxime groups is 1. The molecule has 1 heterocycles. The van der Waals surface area contributed by atoms with Gasteiger partial charge in [-0.05, 0) is 24.8 Å². The van der Waals surface area contributed by atoms with E-state index in [-0.39, 0.29) is 0 Å². The van der Waals surface area contributed by atoms with Gasteiger partial charge in [-0.1, -0.05) is 23.4 Å². The molecule has 0 saturated carbocycles. The van der Waals surface area contributed by atoms with Gasteiger partial charge in [-0.2, -0.15) is 0 Å². The summed E-state index contributed by atoms with van der Waals surface area (Å²) in [4.78, 5) is 8.77. The Balaban J connectivity index is 1.99. The van der Waals surface area contributed by atoms with Gasteiger partial charge in [0.25, 0.3) is 0 Å². The quantitative estimate of drug-likeness (QED) is 0.456. The van der Waals surface area contributed by atoms with Gasteiger partial charge in [-0.3, -0.25) is 0 Å². The first-order valence-electron chi connectivity index (χ1n) is 5.80. The largest absolute Gasteiger partial charge is 0.399 e. The molecule has 1 aliphatic rings. The average molecular weight is 231 g/mol. The van der Waals surface area contributed by atoms with Crippen LogP contribution in [0.4, 0.5) is 0 Å². The summed E-state index contributed by atoms with van der Waals surface area (Å²) in [6.07, 6.45) is 17.1. The minimum atomic E-state index is 0.412. The van der Waals surface area contributed by atoms with E-state index in [1.54, 1.807) is 13.3 Å². The van der Waals surface area contributed by atoms with E-state index in [1.165, 1.54) is 5.57 Å². The van der Waals surface area contributed by atoms with E-state index in [0.717, 1.165) is 19.3 Å². The molecule has 0 radical (unpaired) electrons. The summed E-state index contributed by atoms with van der Waals surface area (Å²) in [5.41, 5.74) is 1.20. The molecule has 17 heavy (non-hydrogen) atoms. The molecule has 0 fully saturated rings. The summed E-state index contributed by atoms with van der Waals surface area (Å²) in [7, 11) is 1.56. The third kappa shape index (κ3) is 3.31. The number of rotatable bonds is 3. The maximum Gasteiger partial charge on any atom is 0.106 e. The van der Waals surface area contributed by atoms with Crippen molar-refractivity contribution in [1.82, 2.24) is 9.55 Å². The molecule has 4 nitrogen and oxygen atoms in total. The highest BCUT2D eigenvalue weighted by molar-refractivity contribution is 5.78. The molecule has 0 bridgehead atoms. The van der Waals surface area contributed by atoms with Crippen LogP contribution in [0.15, 0.2) is 47.7 Å². The van der Waals surface area contributed by atoms with E-state index >= 15 is 0 Å². The van der Waals surface area contributed by atoms with Gasteiger partial charge >= 0.3 is 0 Å². The van der Waals surface area contributed by atoms with Gasteiger partial charge in [0.05, 0.1) is 18.6 Å². The number of imidazole rings is 1. The van der Waals surface area contributed by atoms with Crippen LogP contribution in [-0.4, -0.2) is 22.9 Å². The molecular weight excluding hydrogens is 214 g/mol. The lowest BCUT2D eigenvalue weighted by Gasteiger charge is -2.15. The van der Waals surface area contributed by atoms with Crippen LogP contribution in [0.2, 0.25) is 0 Å². The fourth-order valence-corrected chi connectivity index (χ4v) is 1.92. The summed E-state index contributed by atoms with van der Waals surface area (Å²) >= 11 is 0. The summed E-state index contributed by atoms with van der Waals surface area (Å²) in [6.45, 7) is 0. The highest BCUT2D eigenvalue weighted by Gasteiger charge is 2.07. The Bertz CT molecular complexity index is 418. The first-order valence-corrected chi connectivity index (χ1v) is 5.80. The van der Waals surface area contributed by atoms with Crippen LogP contribution >= 0.6 is 0 Å². The van der Waals surface area contributed by atoms with Crippen LogP contribution in [-0.2, 0) is 4.84 Å². The highest BCUT2D eigenvalue weighted by atomic mass is 16.6. The summed E-state index contributed by atoms with van der Waals surface area (Å²) in [5, 5.41) is 3.79. The molecule has 1 aromatic rings. The molecule has 1 atom stereocenters. The van der Waals surface area contributed by atoms with Crippen molar-refractivity contribution in [3.05, 3.63) is 42.5 Å². The summed E-state index contributed by atoms with van der Waals surface area (Å²) in [6, 6.07) is 0.412. The van der Waals surface area contributed by atoms with E-state index in [4.69, 9.17) is 0 Å². The summed E-state index contributed by atoms with van der Waals surface area (Å²) < 4.78 is 2.14. The molecule has 0 amide bonds. The van der Waals surface area contributed by atoms with Crippen LogP contribution in [0.3, 0.4) is 0 Å². The molecule has 0 spiro atoms. The number of hydrogen-bond donors (Lipinski definition) is 0. The van der Waals surface area contributed by atoms with Crippen LogP contribution in [0.1, 0.15) is 25.3 Å². The zero-order chi connectivity index (χ0) is 11.9. The standard InChI is InChI=1S/C13H17N3O/c1-17-15-10-12-4-2-6-13(7-3-5-12)16-9-8-14-11-16/h2,5-6,8-11,13H,3-4,7H2,1H3/b6-2-,12-5+,15-10+. The molecule has 0 aromatic carbocycles. The van der Waals surface area contributed by atoms with Crippen molar-refractivity contribution in [1.29, 1.82) is 0 Å². The third-order valence-corrected chi connectivity index (χ3v) is 2.81. The third-order valence-electron chi connectivity index (χ3n) is 2.81. The SMILES string of the molecule is CO/N=C/C1=C/CCC(n2ccnc2)/C=C\C1. The van der Waals surface area contributed by atoms with Crippen molar-refractivity contribution in [2.75, 3.05) is 7.11 Å². The van der Waals surface area contributed by atoms with Crippen molar-refractivity contribution in [2.45, 2.75) is 25.3 Å². The van der Waals surface area contributed by atoms with E-state index in [2.05, 4.69) is 37.8 Å². The van der Waals surface area contributed by atoms with E-state index in [0.29, 0.717) is 6.04 Å². The lowest BCUT2D eigenvalue weighted by molar-refractivity contribution is 0.215. The van der Waals surface area contributed by atoms with Crippen molar-refractivity contribution < 1.29 is 4.84 Å². The maximum atomic E-state index is 4.69. The van der Waals surface area contributed by atoms with Gasteiger partial charge in [-0.15, -0.1) is 0 Å². The van der Waals surface area contributed by atoms with Crippen molar-refractivity contribution in [3.8, 4) is 0 Å². The van der Waals surface area contributed by atoms with Crippen LogP contribution in [0, 0.1) is 0 Å². The lowest BCUT2D eigenvalue weighted by Crippen LogP contribution is -2.05. The van der Waals surface area contributed by atoms with E-state index in [1.807, 2.05) is 18.7 Å². The molecule has 0 aliphatic heterocycles. The summed E-state index contributed by atoms with van der Waals surface area (Å²) in [5.74, 6) is 0. The second-order valence-corrected chi connectivity index (χ2v) is 3.98. The van der Waals surface area contributed by atoms with E-state index < -0.39 is 0 Å². The Morgan fingerprint density at radius 3 is 3.29 bits per heavy atom. The van der Waals surface area contributed by atoms with Crippen LogP contribution < -0.4 is 0 Å². The predicted octanol–water partition coefficient (Wildman–Crippen LogP) is 2.72. The molecule has 90 valence electrons.